The lowest BCUT2D eigenvalue weighted by Crippen LogP contribution is -2.22. The second kappa shape index (κ2) is 5.40. The molecule has 0 bridgehead atoms. The van der Waals surface area contributed by atoms with Gasteiger partial charge >= 0.3 is 0 Å². The van der Waals surface area contributed by atoms with Crippen LogP contribution in [0.15, 0.2) is 24.0 Å². The molecular formula is C13H16N4S2. The third-order valence-corrected chi connectivity index (χ3v) is 4.79. The Morgan fingerprint density at radius 1 is 1.47 bits per heavy atom. The molecule has 3 aromatic heterocycles. The van der Waals surface area contributed by atoms with Crippen LogP contribution in [-0.4, -0.2) is 20.9 Å². The number of nitrogens with zero attached hydrogens (tertiary/aromatic N) is 3. The van der Waals surface area contributed by atoms with E-state index >= 15 is 0 Å². The van der Waals surface area contributed by atoms with Crippen LogP contribution >= 0.6 is 22.7 Å². The molecule has 1 N–H and O–H groups in total. The van der Waals surface area contributed by atoms with Crippen molar-refractivity contribution in [2.75, 3.05) is 6.54 Å². The molecule has 0 fully saturated rings. The van der Waals surface area contributed by atoms with E-state index in [1.807, 2.05) is 13.1 Å². The van der Waals surface area contributed by atoms with Gasteiger partial charge in [0.2, 0.25) is 0 Å². The van der Waals surface area contributed by atoms with Crippen LogP contribution in [0.3, 0.4) is 0 Å². The first-order valence-electron chi connectivity index (χ1n) is 6.33. The summed E-state index contributed by atoms with van der Waals surface area (Å²) in [4.78, 5) is 11.4. The fourth-order valence-corrected chi connectivity index (χ4v) is 3.72. The Bertz CT molecular complexity index is 638. The van der Waals surface area contributed by atoms with Gasteiger partial charge in [-0.3, -0.25) is 4.40 Å². The zero-order chi connectivity index (χ0) is 13.2. The molecule has 100 valence electrons. The summed E-state index contributed by atoms with van der Waals surface area (Å²) < 4.78 is 2.08. The summed E-state index contributed by atoms with van der Waals surface area (Å²) in [5.41, 5.74) is 1.13. The molecule has 3 rings (SSSR count). The van der Waals surface area contributed by atoms with E-state index in [1.54, 1.807) is 22.7 Å². The number of fused-ring (bicyclic) bond motifs is 1. The Hall–Kier alpha value is -1.24. The van der Waals surface area contributed by atoms with Crippen molar-refractivity contribution >= 4 is 27.6 Å². The van der Waals surface area contributed by atoms with Gasteiger partial charge in [0.15, 0.2) is 4.96 Å². The van der Waals surface area contributed by atoms with Gasteiger partial charge in [-0.05, 0) is 13.5 Å². The van der Waals surface area contributed by atoms with Gasteiger partial charge in [0.05, 0.1) is 10.7 Å². The minimum atomic E-state index is 0.306. The van der Waals surface area contributed by atoms with Crippen molar-refractivity contribution in [3.63, 3.8) is 0 Å². The maximum absolute atomic E-state index is 4.65. The molecule has 1 atom stereocenters. The van der Waals surface area contributed by atoms with Crippen molar-refractivity contribution < 1.29 is 0 Å². The van der Waals surface area contributed by atoms with Gasteiger partial charge in [0, 0.05) is 41.3 Å². The zero-order valence-electron chi connectivity index (χ0n) is 11.0. The highest BCUT2D eigenvalue weighted by Gasteiger charge is 2.15. The summed E-state index contributed by atoms with van der Waals surface area (Å²) in [7, 11) is 0. The van der Waals surface area contributed by atoms with Crippen molar-refractivity contribution in [2.24, 2.45) is 0 Å². The summed E-state index contributed by atoms with van der Waals surface area (Å²) in [6, 6.07) is 0.306. The van der Waals surface area contributed by atoms with E-state index in [1.165, 1.54) is 4.88 Å². The Labute approximate surface area is 120 Å². The molecule has 0 aliphatic heterocycles. The number of rotatable bonds is 5. The number of hydrogen-bond acceptors (Lipinski definition) is 5. The van der Waals surface area contributed by atoms with Crippen molar-refractivity contribution in [1.82, 2.24) is 19.7 Å². The maximum atomic E-state index is 4.65. The normalized spacial score (nSPS) is 13.2. The van der Waals surface area contributed by atoms with Crippen molar-refractivity contribution in [2.45, 2.75) is 26.3 Å². The van der Waals surface area contributed by atoms with Crippen molar-refractivity contribution in [3.05, 3.63) is 39.5 Å². The van der Waals surface area contributed by atoms with Gasteiger partial charge in [-0.1, -0.05) is 6.92 Å². The second-order valence-corrected chi connectivity index (χ2v) is 6.56. The monoisotopic (exact) mass is 292 g/mol. The van der Waals surface area contributed by atoms with Gasteiger partial charge < -0.3 is 5.32 Å². The number of aryl methyl sites for hydroxylation is 1. The maximum Gasteiger partial charge on any atom is 0.193 e. The summed E-state index contributed by atoms with van der Waals surface area (Å²) in [6.07, 6.45) is 7.05. The Kier molecular flexibility index (Phi) is 3.63. The van der Waals surface area contributed by atoms with Gasteiger partial charge in [0.25, 0.3) is 0 Å². The standard InChI is InChI=1S/C13H16N4S2/c1-3-14-11(12-7-15-9(2)19-12)6-10-8-17-4-5-18-13(17)16-10/h4-5,7-8,11,14H,3,6H2,1-2H3. The fourth-order valence-electron chi connectivity index (χ4n) is 2.14. The minimum absolute atomic E-state index is 0.306. The van der Waals surface area contributed by atoms with E-state index in [2.05, 4.69) is 44.4 Å². The van der Waals surface area contributed by atoms with Crippen molar-refractivity contribution in [1.29, 1.82) is 0 Å². The molecule has 6 heteroatoms. The van der Waals surface area contributed by atoms with E-state index < -0.39 is 0 Å². The van der Waals surface area contributed by atoms with Crippen LogP contribution in [0.2, 0.25) is 0 Å². The van der Waals surface area contributed by atoms with Crippen LogP contribution in [0, 0.1) is 6.92 Å². The van der Waals surface area contributed by atoms with Crippen LogP contribution < -0.4 is 5.32 Å². The lowest BCUT2D eigenvalue weighted by atomic mass is 10.1. The average Bonchev–Trinajstić information content (AvgIpc) is 3.03. The first-order valence-corrected chi connectivity index (χ1v) is 8.02. The van der Waals surface area contributed by atoms with Gasteiger partial charge in [-0.2, -0.15) is 0 Å². The largest absolute Gasteiger partial charge is 0.309 e. The third-order valence-electron chi connectivity index (χ3n) is 2.99. The summed E-state index contributed by atoms with van der Waals surface area (Å²) in [5, 5.41) is 6.69. The highest BCUT2D eigenvalue weighted by molar-refractivity contribution is 7.15. The van der Waals surface area contributed by atoms with Gasteiger partial charge in [0.1, 0.15) is 0 Å². The first-order chi connectivity index (χ1) is 9.26. The highest BCUT2D eigenvalue weighted by Crippen LogP contribution is 2.24. The molecule has 0 saturated carbocycles. The Morgan fingerprint density at radius 2 is 2.37 bits per heavy atom. The average molecular weight is 292 g/mol. The number of likely N-dealkylation sites (N-methyl/N-ethyl adjacent to an activating group) is 1. The molecule has 1 unspecified atom stereocenters. The van der Waals surface area contributed by atoms with Crippen LogP contribution in [0.5, 0.6) is 0 Å². The summed E-state index contributed by atoms with van der Waals surface area (Å²) >= 11 is 3.43. The molecule has 0 amide bonds. The van der Waals surface area contributed by atoms with E-state index in [-0.39, 0.29) is 0 Å². The number of imidazole rings is 1. The minimum Gasteiger partial charge on any atom is -0.309 e. The molecule has 3 aromatic rings. The molecule has 0 aliphatic carbocycles. The van der Waals surface area contributed by atoms with Crippen LogP contribution in [0.1, 0.15) is 28.5 Å². The molecular weight excluding hydrogens is 276 g/mol. The second-order valence-electron chi connectivity index (χ2n) is 4.42. The third kappa shape index (κ3) is 2.70. The highest BCUT2D eigenvalue weighted by atomic mass is 32.1. The smallest absolute Gasteiger partial charge is 0.193 e. The first kappa shape index (κ1) is 12.8. The molecule has 19 heavy (non-hydrogen) atoms. The van der Waals surface area contributed by atoms with E-state index in [9.17, 15) is 0 Å². The Balaban J connectivity index is 1.82. The van der Waals surface area contributed by atoms with E-state index in [4.69, 9.17) is 0 Å². The van der Waals surface area contributed by atoms with E-state index in [0.717, 1.165) is 28.6 Å². The molecule has 0 aromatic carbocycles. The molecule has 0 spiro atoms. The topological polar surface area (TPSA) is 42.2 Å². The number of aromatic nitrogens is 3. The van der Waals surface area contributed by atoms with Crippen molar-refractivity contribution in [3.8, 4) is 0 Å². The number of thiazole rings is 2. The summed E-state index contributed by atoms with van der Waals surface area (Å²) in [5.74, 6) is 0. The lowest BCUT2D eigenvalue weighted by molar-refractivity contribution is 0.552. The Morgan fingerprint density at radius 3 is 3.05 bits per heavy atom. The van der Waals surface area contributed by atoms with Crippen LogP contribution in [-0.2, 0) is 6.42 Å². The molecule has 4 nitrogen and oxygen atoms in total. The predicted octanol–water partition coefficient (Wildman–Crippen LogP) is 3.05. The summed E-state index contributed by atoms with van der Waals surface area (Å²) in [6.45, 7) is 5.13. The SMILES string of the molecule is CCNC(Cc1cn2ccsc2n1)c1cnc(C)s1. The molecule has 3 heterocycles. The molecule has 0 aliphatic rings. The van der Waals surface area contributed by atoms with Gasteiger partial charge in [-0.15, -0.1) is 22.7 Å². The zero-order valence-corrected chi connectivity index (χ0v) is 12.6. The van der Waals surface area contributed by atoms with Gasteiger partial charge in [-0.25, -0.2) is 9.97 Å². The number of nitrogens with one attached hydrogen (secondary N) is 1. The number of hydrogen-bond donors (Lipinski definition) is 1. The predicted molar refractivity (Wildman–Crippen MR) is 80.0 cm³/mol. The van der Waals surface area contributed by atoms with Crippen LogP contribution in [0.4, 0.5) is 0 Å². The molecule has 0 radical (unpaired) electrons. The quantitative estimate of drug-likeness (QED) is 0.786. The van der Waals surface area contributed by atoms with Crippen LogP contribution in [0.25, 0.3) is 4.96 Å². The van der Waals surface area contributed by atoms with E-state index in [0.29, 0.717) is 6.04 Å². The fraction of sp³-hybridized carbons (Fsp3) is 0.385. The lowest BCUT2D eigenvalue weighted by Gasteiger charge is -2.14. The molecule has 0 saturated heterocycles.